The fourth-order valence-corrected chi connectivity index (χ4v) is 2.33. The minimum Gasteiger partial charge on any atom is -0.356 e. The van der Waals surface area contributed by atoms with Crippen molar-refractivity contribution in [2.24, 2.45) is 5.92 Å². The second kappa shape index (κ2) is 4.81. The Morgan fingerprint density at radius 2 is 2.19 bits per heavy atom. The monoisotopic (exact) mass is 219 g/mol. The molecule has 0 radical (unpaired) electrons. The number of rotatable bonds is 3. The van der Waals surface area contributed by atoms with Crippen LogP contribution in [0.4, 0.5) is 5.82 Å². The maximum atomic E-state index is 4.55. The number of aryl methyl sites for hydroxylation is 2. The first-order chi connectivity index (χ1) is 7.72. The van der Waals surface area contributed by atoms with E-state index in [-0.39, 0.29) is 0 Å². The normalized spacial score (nSPS) is 20.4. The Labute approximate surface area is 97.9 Å². The Bertz CT molecular complexity index is 362. The molecular formula is C13H21N3. The summed E-state index contributed by atoms with van der Waals surface area (Å²) in [5.74, 6) is 2.87. The third-order valence-corrected chi connectivity index (χ3v) is 3.43. The number of hydrogen-bond acceptors (Lipinski definition) is 3. The highest BCUT2D eigenvalue weighted by Gasteiger charge is 2.22. The molecule has 1 atom stereocenters. The number of hydrogen-bond donors (Lipinski definition) is 0. The van der Waals surface area contributed by atoms with E-state index in [2.05, 4.69) is 34.8 Å². The van der Waals surface area contributed by atoms with Crippen molar-refractivity contribution in [3.63, 3.8) is 0 Å². The lowest BCUT2D eigenvalue weighted by Crippen LogP contribution is -2.21. The molecule has 0 aromatic carbocycles. The van der Waals surface area contributed by atoms with Gasteiger partial charge in [0.05, 0.1) is 0 Å². The molecule has 3 heteroatoms. The zero-order valence-electron chi connectivity index (χ0n) is 10.5. The SMILES string of the molecule is CCc1cc(N2CCC(CC)C2)nc(C)n1. The van der Waals surface area contributed by atoms with Crippen LogP contribution in [0.5, 0.6) is 0 Å². The fourth-order valence-electron chi connectivity index (χ4n) is 2.33. The maximum Gasteiger partial charge on any atom is 0.132 e. The van der Waals surface area contributed by atoms with Gasteiger partial charge in [-0.25, -0.2) is 9.97 Å². The van der Waals surface area contributed by atoms with Crippen LogP contribution in [0.25, 0.3) is 0 Å². The van der Waals surface area contributed by atoms with E-state index in [4.69, 9.17) is 0 Å². The zero-order valence-corrected chi connectivity index (χ0v) is 10.5. The standard InChI is InChI=1S/C13H21N3/c1-4-11-6-7-16(9-11)13-8-12(5-2)14-10(3)15-13/h8,11H,4-7,9H2,1-3H3. The topological polar surface area (TPSA) is 29.0 Å². The van der Waals surface area contributed by atoms with Gasteiger partial charge in [0.1, 0.15) is 11.6 Å². The lowest BCUT2D eigenvalue weighted by atomic mass is 10.1. The largest absolute Gasteiger partial charge is 0.356 e. The van der Waals surface area contributed by atoms with Crippen LogP contribution in [0.15, 0.2) is 6.07 Å². The highest BCUT2D eigenvalue weighted by atomic mass is 15.2. The minimum atomic E-state index is 0.848. The molecule has 1 aliphatic heterocycles. The summed E-state index contributed by atoms with van der Waals surface area (Å²) >= 11 is 0. The molecule has 1 aromatic rings. The van der Waals surface area contributed by atoms with Crippen LogP contribution < -0.4 is 4.90 Å². The highest BCUT2D eigenvalue weighted by Crippen LogP contribution is 2.24. The van der Waals surface area contributed by atoms with Gasteiger partial charge in [-0.3, -0.25) is 0 Å². The lowest BCUT2D eigenvalue weighted by molar-refractivity contribution is 0.568. The summed E-state index contributed by atoms with van der Waals surface area (Å²) in [5.41, 5.74) is 1.16. The molecule has 16 heavy (non-hydrogen) atoms. The molecule has 1 saturated heterocycles. The van der Waals surface area contributed by atoms with E-state index < -0.39 is 0 Å². The third kappa shape index (κ3) is 2.34. The van der Waals surface area contributed by atoms with Crippen molar-refractivity contribution in [1.29, 1.82) is 0 Å². The average Bonchev–Trinajstić information content (AvgIpc) is 2.76. The second-order valence-corrected chi connectivity index (χ2v) is 4.63. The van der Waals surface area contributed by atoms with E-state index >= 15 is 0 Å². The van der Waals surface area contributed by atoms with E-state index in [1.54, 1.807) is 0 Å². The van der Waals surface area contributed by atoms with E-state index in [1.165, 1.54) is 12.8 Å². The van der Waals surface area contributed by atoms with Crippen LogP contribution in [-0.2, 0) is 6.42 Å². The minimum absolute atomic E-state index is 0.848. The fraction of sp³-hybridized carbons (Fsp3) is 0.692. The molecule has 0 saturated carbocycles. The van der Waals surface area contributed by atoms with E-state index in [1.807, 2.05) is 6.92 Å². The summed E-state index contributed by atoms with van der Waals surface area (Å²) in [6.07, 6.45) is 3.57. The molecule has 3 nitrogen and oxygen atoms in total. The molecule has 0 N–H and O–H groups in total. The van der Waals surface area contributed by atoms with Crippen LogP contribution in [0.2, 0.25) is 0 Å². The summed E-state index contributed by atoms with van der Waals surface area (Å²) in [4.78, 5) is 11.4. The van der Waals surface area contributed by atoms with E-state index in [9.17, 15) is 0 Å². The molecular weight excluding hydrogens is 198 g/mol. The highest BCUT2D eigenvalue weighted by molar-refractivity contribution is 5.41. The van der Waals surface area contributed by atoms with Crippen molar-refractivity contribution in [2.75, 3.05) is 18.0 Å². The third-order valence-electron chi connectivity index (χ3n) is 3.43. The van der Waals surface area contributed by atoms with Crippen LogP contribution in [0.3, 0.4) is 0 Å². The summed E-state index contributed by atoms with van der Waals surface area (Å²) in [7, 11) is 0. The summed E-state index contributed by atoms with van der Waals surface area (Å²) in [6, 6.07) is 2.14. The van der Waals surface area contributed by atoms with Gasteiger partial charge in [0.2, 0.25) is 0 Å². The Hall–Kier alpha value is -1.12. The molecule has 0 aliphatic carbocycles. The number of nitrogens with zero attached hydrogens (tertiary/aromatic N) is 3. The first-order valence-electron chi connectivity index (χ1n) is 6.32. The zero-order chi connectivity index (χ0) is 11.5. The summed E-state index contributed by atoms with van der Waals surface area (Å²) in [6.45, 7) is 8.71. The van der Waals surface area contributed by atoms with Gasteiger partial charge >= 0.3 is 0 Å². The Balaban J connectivity index is 2.17. The van der Waals surface area contributed by atoms with Crippen LogP contribution in [-0.4, -0.2) is 23.1 Å². The van der Waals surface area contributed by atoms with Gasteiger partial charge < -0.3 is 4.90 Å². The van der Waals surface area contributed by atoms with Gasteiger partial charge in [-0.2, -0.15) is 0 Å². The predicted molar refractivity (Wildman–Crippen MR) is 66.8 cm³/mol. The van der Waals surface area contributed by atoms with Gasteiger partial charge in [-0.1, -0.05) is 20.3 Å². The van der Waals surface area contributed by atoms with Crippen molar-refractivity contribution >= 4 is 5.82 Å². The molecule has 88 valence electrons. The van der Waals surface area contributed by atoms with Gasteiger partial charge in [0.15, 0.2) is 0 Å². The Kier molecular flexibility index (Phi) is 3.42. The molecule has 1 aromatic heterocycles. The Morgan fingerprint density at radius 3 is 2.81 bits per heavy atom. The van der Waals surface area contributed by atoms with Crippen molar-refractivity contribution in [3.8, 4) is 0 Å². The molecule has 1 fully saturated rings. The van der Waals surface area contributed by atoms with E-state index in [0.29, 0.717) is 0 Å². The molecule has 0 spiro atoms. The average molecular weight is 219 g/mol. The van der Waals surface area contributed by atoms with Gasteiger partial charge in [0, 0.05) is 24.8 Å². The molecule has 0 bridgehead atoms. The van der Waals surface area contributed by atoms with Crippen molar-refractivity contribution < 1.29 is 0 Å². The molecule has 0 amide bonds. The first kappa shape index (κ1) is 11.4. The van der Waals surface area contributed by atoms with Crippen LogP contribution >= 0.6 is 0 Å². The summed E-state index contributed by atoms with van der Waals surface area (Å²) < 4.78 is 0. The van der Waals surface area contributed by atoms with Gasteiger partial charge in [0.25, 0.3) is 0 Å². The number of anilines is 1. The van der Waals surface area contributed by atoms with Crippen molar-refractivity contribution in [1.82, 2.24) is 9.97 Å². The first-order valence-corrected chi connectivity index (χ1v) is 6.32. The van der Waals surface area contributed by atoms with Gasteiger partial charge in [-0.05, 0) is 25.7 Å². The van der Waals surface area contributed by atoms with E-state index in [0.717, 1.165) is 42.8 Å². The number of aromatic nitrogens is 2. The van der Waals surface area contributed by atoms with Crippen LogP contribution in [0.1, 0.15) is 38.2 Å². The van der Waals surface area contributed by atoms with Crippen LogP contribution in [0, 0.1) is 12.8 Å². The summed E-state index contributed by atoms with van der Waals surface area (Å²) in [5, 5.41) is 0. The van der Waals surface area contributed by atoms with Crippen molar-refractivity contribution in [3.05, 3.63) is 17.6 Å². The predicted octanol–water partition coefficient (Wildman–Crippen LogP) is 2.58. The lowest BCUT2D eigenvalue weighted by Gasteiger charge is -2.18. The molecule has 2 rings (SSSR count). The molecule has 1 aliphatic rings. The quantitative estimate of drug-likeness (QED) is 0.782. The van der Waals surface area contributed by atoms with Gasteiger partial charge in [-0.15, -0.1) is 0 Å². The Morgan fingerprint density at radius 1 is 1.38 bits per heavy atom. The molecule has 1 unspecified atom stereocenters. The smallest absolute Gasteiger partial charge is 0.132 e. The molecule has 2 heterocycles. The maximum absolute atomic E-state index is 4.55. The second-order valence-electron chi connectivity index (χ2n) is 4.63. The van der Waals surface area contributed by atoms with Crippen molar-refractivity contribution in [2.45, 2.75) is 40.0 Å².